The quantitative estimate of drug-likeness (QED) is 0.697. The zero-order valence-corrected chi connectivity index (χ0v) is 18.5. The van der Waals surface area contributed by atoms with Crippen LogP contribution < -0.4 is 11.0 Å². The fourth-order valence-corrected chi connectivity index (χ4v) is 5.51. The van der Waals surface area contributed by atoms with Crippen LogP contribution in [0.5, 0.6) is 0 Å². The fraction of sp³-hybridized carbons (Fsp3) is 0.625. The van der Waals surface area contributed by atoms with Gasteiger partial charge in [0, 0.05) is 12.5 Å². The van der Waals surface area contributed by atoms with Crippen LogP contribution in [-0.2, 0) is 9.53 Å². The molecule has 6 heteroatoms. The van der Waals surface area contributed by atoms with E-state index in [4.69, 9.17) is 4.74 Å². The van der Waals surface area contributed by atoms with Crippen LogP contribution in [0.3, 0.4) is 0 Å². The van der Waals surface area contributed by atoms with E-state index in [0.717, 1.165) is 18.3 Å². The van der Waals surface area contributed by atoms with Gasteiger partial charge in [-0.2, -0.15) is 0 Å². The predicted octanol–water partition coefficient (Wildman–Crippen LogP) is 4.07. The van der Waals surface area contributed by atoms with Crippen LogP contribution in [0.4, 0.5) is 0 Å². The zero-order chi connectivity index (χ0) is 21.5. The number of fused-ring (bicyclic) bond motifs is 3. The van der Waals surface area contributed by atoms with Gasteiger partial charge in [0.1, 0.15) is 12.4 Å². The first kappa shape index (κ1) is 21.0. The molecule has 0 aliphatic heterocycles. The van der Waals surface area contributed by atoms with Crippen LogP contribution >= 0.6 is 0 Å². The predicted molar refractivity (Wildman–Crippen MR) is 118 cm³/mol. The molecule has 0 saturated heterocycles. The highest BCUT2D eigenvalue weighted by Gasteiger charge is 2.53. The number of amides is 1. The molecule has 1 aromatic heterocycles. The summed E-state index contributed by atoms with van der Waals surface area (Å²) in [5.74, 6) is 2.59. The number of nitrogens with one attached hydrogen (secondary N) is 1. The molecular formula is C24H33N3O3. The number of benzene rings is 1. The standard InChI is InChI=1S/C24H33N3O3/c1-15(2)22-25-20-8-6-5-7-18(20)23(29)27(22)26-21(28)14-30-12-11-16-9-10-17-13-19(16)24(17,3)4/h5-8,15-17,19H,9-14H2,1-4H3,(H,26,28)/t16-,17-,19-/m0/s1. The lowest BCUT2D eigenvalue weighted by Gasteiger charge is -2.60. The maximum Gasteiger partial charge on any atom is 0.280 e. The Hall–Kier alpha value is -2.21. The van der Waals surface area contributed by atoms with Crippen molar-refractivity contribution in [3.8, 4) is 0 Å². The van der Waals surface area contributed by atoms with Crippen molar-refractivity contribution in [2.45, 2.75) is 59.3 Å². The summed E-state index contributed by atoms with van der Waals surface area (Å²) in [5, 5.41) is 0.488. The molecule has 1 aromatic carbocycles. The summed E-state index contributed by atoms with van der Waals surface area (Å²) in [6.07, 6.45) is 4.96. The number of aromatic nitrogens is 2. The minimum Gasteiger partial charge on any atom is -0.372 e. The summed E-state index contributed by atoms with van der Waals surface area (Å²) in [5.41, 5.74) is 3.55. The first-order valence-corrected chi connectivity index (χ1v) is 11.2. The number of carbonyl (C=O) groups excluding carboxylic acids is 1. The lowest BCUT2D eigenvalue weighted by atomic mass is 9.45. The van der Waals surface area contributed by atoms with Gasteiger partial charge in [0.25, 0.3) is 11.5 Å². The van der Waals surface area contributed by atoms with E-state index < -0.39 is 0 Å². The summed E-state index contributed by atoms with van der Waals surface area (Å²) in [6, 6.07) is 7.19. The summed E-state index contributed by atoms with van der Waals surface area (Å²) >= 11 is 0. The molecule has 3 fully saturated rings. The van der Waals surface area contributed by atoms with Gasteiger partial charge in [0.2, 0.25) is 0 Å². The first-order valence-electron chi connectivity index (χ1n) is 11.2. The molecular weight excluding hydrogens is 378 g/mol. The van der Waals surface area contributed by atoms with Gasteiger partial charge in [-0.25, -0.2) is 9.66 Å². The normalized spacial score (nSPS) is 24.6. The zero-order valence-electron chi connectivity index (χ0n) is 18.5. The number of carbonyl (C=O) groups is 1. The third-order valence-electron chi connectivity index (χ3n) is 7.42. The van der Waals surface area contributed by atoms with Gasteiger partial charge in [-0.15, -0.1) is 0 Å². The van der Waals surface area contributed by atoms with Gasteiger partial charge in [-0.3, -0.25) is 15.0 Å². The Morgan fingerprint density at radius 1 is 1.30 bits per heavy atom. The lowest BCUT2D eigenvalue weighted by Crippen LogP contribution is -2.52. The molecule has 3 aliphatic rings. The molecule has 1 amide bonds. The molecule has 5 rings (SSSR count). The monoisotopic (exact) mass is 411 g/mol. The van der Waals surface area contributed by atoms with Crippen molar-refractivity contribution in [1.82, 2.24) is 9.66 Å². The number of para-hydroxylation sites is 1. The Labute approximate surface area is 178 Å². The molecule has 6 nitrogen and oxygen atoms in total. The van der Waals surface area contributed by atoms with Crippen molar-refractivity contribution in [2.24, 2.45) is 23.2 Å². The Morgan fingerprint density at radius 2 is 2.07 bits per heavy atom. The molecule has 30 heavy (non-hydrogen) atoms. The van der Waals surface area contributed by atoms with E-state index in [1.54, 1.807) is 12.1 Å². The van der Waals surface area contributed by atoms with Gasteiger partial charge in [-0.05, 0) is 61.0 Å². The number of hydrogen-bond acceptors (Lipinski definition) is 4. The lowest BCUT2D eigenvalue weighted by molar-refractivity contribution is -0.124. The van der Waals surface area contributed by atoms with Crippen LogP contribution in [0.25, 0.3) is 10.9 Å². The third-order valence-corrected chi connectivity index (χ3v) is 7.42. The largest absolute Gasteiger partial charge is 0.372 e. The van der Waals surface area contributed by atoms with E-state index in [-0.39, 0.29) is 24.0 Å². The highest BCUT2D eigenvalue weighted by molar-refractivity contribution is 5.85. The maximum absolute atomic E-state index is 12.9. The van der Waals surface area contributed by atoms with Crippen molar-refractivity contribution < 1.29 is 9.53 Å². The van der Waals surface area contributed by atoms with Crippen molar-refractivity contribution in [3.05, 3.63) is 40.4 Å². The van der Waals surface area contributed by atoms with Crippen LogP contribution in [0, 0.1) is 23.2 Å². The third kappa shape index (κ3) is 3.78. The average Bonchev–Trinajstić information content (AvgIpc) is 2.73. The van der Waals surface area contributed by atoms with E-state index in [1.807, 2.05) is 26.0 Å². The van der Waals surface area contributed by atoms with Gasteiger partial charge >= 0.3 is 0 Å². The second-order valence-electron chi connectivity index (χ2n) is 9.86. The van der Waals surface area contributed by atoms with E-state index in [2.05, 4.69) is 24.3 Å². The summed E-state index contributed by atoms with van der Waals surface area (Å²) in [6.45, 7) is 9.22. The van der Waals surface area contributed by atoms with Crippen molar-refractivity contribution in [1.29, 1.82) is 0 Å². The van der Waals surface area contributed by atoms with E-state index in [0.29, 0.717) is 34.7 Å². The van der Waals surface area contributed by atoms with Crippen molar-refractivity contribution in [3.63, 3.8) is 0 Å². The number of ether oxygens (including phenoxy) is 1. The minimum absolute atomic E-state index is 0.00974. The molecule has 0 radical (unpaired) electrons. The highest BCUT2D eigenvalue weighted by atomic mass is 16.5. The van der Waals surface area contributed by atoms with E-state index in [1.165, 1.54) is 23.9 Å². The smallest absolute Gasteiger partial charge is 0.280 e. The second kappa shape index (κ2) is 8.14. The van der Waals surface area contributed by atoms with Gasteiger partial charge < -0.3 is 4.74 Å². The number of nitrogens with zero attached hydrogens (tertiary/aromatic N) is 2. The Morgan fingerprint density at radius 3 is 2.77 bits per heavy atom. The average molecular weight is 412 g/mol. The Bertz CT molecular complexity index is 993. The summed E-state index contributed by atoms with van der Waals surface area (Å²) in [7, 11) is 0. The molecule has 1 heterocycles. The second-order valence-corrected chi connectivity index (χ2v) is 9.86. The van der Waals surface area contributed by atoms with Crippen LogP contribution in [-0.4, -0.2) is 28.8 Å². The molecule has 1 N–H and O–H groups in total. The number of rotatable bonds is 7. The van der Waals surface area contributed by atoms with Crippen LogP contribution in [0.1, 0.15) is 65.1 Å². The summed E-state index contributed by atoms with van der Waals surface area (Å²) in [4.78, 5) is 30.0. The molecule has 162 valence electrons. The van der Waals surface area contributed by atoms with Crippen molar-refractivity contribution in [2.75, 3.05) is 18.6 Å². The van der Waals surface area contributed by atoms with Crippen LogP contribution in [0.15, 0.2) is 29.1 Å². The molecule has 0 unspecified atom stereocenters. The van der Waals surface area contributed by atoms with Crippen LogP contribution in [0.2, 0.25) is 0 Å². The maximum atomic E-state index is 12.9. The molecule has 3 aliphatic carbocycles. The summed E-state index contributed by atoms with van der Waals surface area (Å²) < 4.78 is 6.96. The van der Waals surface area contributed by atoms with E-state index >= 15 is 0 Å². The Balaban J connectivity index is 1.35. The molecule has 2 aromatic rings. The molecule has 0 spiro atoms. The van der Waals surface area contributed by atoms with E-state index in [9.17, 15) is 9.59 Å². The van der Waals surface area contributed by atoms with Gasteiger partial charge in [0.15, 0.2) is 0 Å². The molecule has 3 saturated carbocycles. The fourth-order valence-electron chi connectivity index (χ4n) is 5.51. The van der Waals surface area contributed by atoms with Gasteiger partial charge in [-0.1, -0.05) is 39.8 Å². The number of hydrogen-bond donors (Lipinski definition) is 1. The van der Waals surface area contributed by atoms with Crippen molar-refractivity contribution >= 4 is 16.8 Å². The highest BCUT2D eigenvalue weighted by Crippen LogP contribution is 2.61. The minimum atomic E-state index is -0.330. The molecule has 2 bridgehead atoms. The topological polar surface area (TPSA) is 73.2 Å². The molecule has 3 atom stereocenters. The SMILES string of the molecule is CC(C)c1nc2ccccc2c(=O)n1NC(=O)COCC[C@@H]1CC[C@H]2C[C@@H]1C2(C)C. The van der Waals surface area contributed by atoms with Gasteiger partial charge in [0.05, 0.1) is 10.9 Å². The first-order chi connectivity index (χ1) is 14.3. The Kier molecular flexibility index (Phi) is 5.71.